The fourth-order valence-corrected chi connectivity index (χ4v) is 3.38. The molecule has 4 heteroatoms. The van der Waals surface area contributed by atoms with E-state index < -0.39 is 0 Å². The molecule has 0 saturated carbocycles. The first-order valence-electron chi connectivity index (χ1n) is 6.44. The Kier molecular flexibility index (Phi) is 3.16. The molecular formula is C14H17BrN2O. The lowest BCUT2D eigenvalue weighted by Gasteiger charge is -2.52. The van der Waals surface area contributed by atoms with Crippen molar-refractivity contribution in [2.75, 3.05) is 26.2 Å². The Labute approximate surface area is 116 Å². The van der Waals surface area contributed by atoms with Crippen LogP contribution in [0.15, 0.2) is 28.7 Å². The SMILES string of the molecule is O=C(c1cccc(Br)c1)N1CC2(CCNCC2)C1. The van der Waals surface area contributed by atoms with Crippen molar-refractivity contribution in [3.63, 3.8) is 0 Å². The molecule has 1 amide bonds. The lowest BCUT2D eigenvalue weighted by molar-refractivity contribution is -0.0113. The van der Waals surface area contributed by atoms with Crippen LogP contribution in [0.25, 0.3) is 0 Å². The standard InChI is InChI=1S/C14H17BrN2O/c15-12-3-1-2-11(8-12)13(18)17-9-14(10-17)4-6-16-7-5-14/h1-3,8,16H,4-7,9-10H2. The van der Waals surface area contributed by atoms with Crippen molar-refractivity contribution in [3.8, 4) is 0 Å². The van der Waals surface area contributed by atoms with Gasteiger partial charge in [0.2, 0.25) is 0 Å². The number of likely N-dealkylation sites (tertiary alicyclic amines) is 1. The van der Waals surface area contributed by atoms with Crippen LogP contribution >= 0.6 is 15.9 Å². The summed E-state index contributed by atoms with van der Waals surface area (Å²) in [5.74, 6) is 0.167. The van der Waals surface area contributed by atoms with E-state index in [0.29, 0.717) is 5.41 Å². The zero-order valence-electron chi connectivity index (χ0n) is 10.3. The first-order chi connectivity index (χ1) is 8.69. The van der Waals surface area contributed by atoms with E-state index in [2.05, 4.69) is 21.2 Å². The molecule has 1 N–H and O–H groups in total. The molecule has 1 spiro atoms. The Morgan fingerprint density at radius 2 is 2.00 bits per heavy atom. The lowest BCUT2D eigenvalue weighted by Crippen LogP contribution is -2.61. The summed E-state index contributed by atoms with van der Waals surface area (Å²) in [7, 11) is 0. The maximum atomic E-state index is 12.3. The molecule has 3 rings (SSSR count). The number of benzene rings is 1. The number of carbonyl (C=O) groups is 1. The molecular weight excluding hydrogens is 292 g/mol. The molecule has 2 fully saturated rings. The molecule has 0 radical (unpaired) electrons. The largest absolute Gasteiger partial charge is 0.337 e. The Morgan fingerprint density at radius 3 is 2.67 bits per heavy atom. The van der Waals surface area contributed by atoms with E-state index in [0.717, 1.165) is 36.2 Å². The predicted molar refractivity (Wildman–Crippen MR) is 74.6 cm³/mol. The van der Waals surface area contributed by atoms with Gasteiger partial charge in [-0.05, 0) is 44.1 Å². The van der Waals surface area contributed by atoms with Gasteiger partial charge in [0.1, 0.15) is 0 Å². The molecule has 0 atom stereocenters. The maximum absolute atomic E-state index is 12.3. The van der Waals surface area contributed by atoms with Gasteiger partial charge in [-0.25, -0.2) is 0 Å². The molecule has 2 aliphatic rings. The highest BCUT2D eigenvalue weighted by Crippen LogP contribution is 2.39. The molecule has 0 unspecified atom stereocenters. The number of rotatable bonds is 1. The van der Waals surface area contributed by atoms with E-state index in [4.69, 9.17) is 0 Å². The minimum absolute atomic E-state index is 0.167. The zero-order valence-corrected chi connectivity index (χ0v) is 11.9. The van der Waals surface area contributed by atoms with Crippen molar-refractivity contribution in [1.82, 2.24) is 10.2 Å². The molecule has 0 aliphatic carbocycles. The molecule has 2 aliphatic heterocycles. The van der Waals surface area contributed by atoms with Crippen molar-refractivity contribution in [3.05, 3.63) is 34.3 Å². The van der Waals surface area contributed by atoms with Gasteiger partial charge in [-0.2, -0.15) is 0 Å². The Hall–Kier alpha value is -0.870. The van der Waals surface area contributed by atoms with Gasteiger partial charge < -0.3 is 10.2 Å². The van der Waals surface area contributed by atoms with Gasteiger partial charge in [0.05, 0.1) is 0 Å². The molecule has 2 heterocycles. The molecule has 2 saturated heterocycles. The second kappa shape index (κ2) is 4.67. The molecule has 1 aromatic carbocycles. The van der Waals surface area contributed by atoms with E-state index >= 15 is 0 Å². The Morgan fingerprint density at radius 1 is 1.28 bits per heavy atom. The highest BCUT2D eigenvalue weighted by atomic mass is 79.9. The lowest BCUT2D eigenvalue weighted by atomic mass is 9.72. The molecule has 1 aromatic rings. The van der Waals surface area contributed by atoms with Crippen LogP contribution < -0.4 is 5.32 Å². The summed E-state index contributed by atoms with van der Waals surface area (Å²) in [6.07, 6.45) is 2.41. The van der Waals surface area contributed by atoms with E-state index in [9.17, 15) is 4.79 Å². The van der Waals surface area contributed by atoms with Crippen LogP contribution in [-0.2, 0) is 0 Å². The molecule has 0 aromatic heterocycles. The fraction of sp³-hybridized carbons (Fsp3) is 0.500. The maximum Gasteiger partial charge on any atom is 0.253 e. The summed E-state index contributed by atoms with van der Waals surface area (Å²) < 4.78 is 0.963. The number of nitrogens with zero attached hydrogens (tertiary/aromatic N) is 1. The van der Waals surface area contributed by atoms with Crippen LogP contribution in [0.2, 0.25) is 0 Å². The highest BCUT2D eigenvalue weighted by Gasteiger charge is 2.45. The van der Waals surface area contributed by atoms with E-state index in [1.165, 1.54) is 12.8 Å². The number of amides is 1. The number of carbonyl (C=O) groups excluding carboxylic acids is 1. The fourth-order valence-electron chi connectivity index (χ4n) is 2.98. The normalized spacial score (nSPS) is 21.7. The van der Waals surface area contributed by atoms with Gasteiger partial charge in [0.25, 0.3) is 5.91 Å². The average molecular weight is 309 g/mol. The van der Waals surface area contributed by atoms with Crippen molar-refractivity contribution in [2.45, 2.75) is 12.8 Å². The minimum Gasteiger partial charge on any atom is -0.337 e. The Bertz CT molecular complexity index is 461. The van der Waals surface area contributed by atoms with Crippen LogP contribution in [0, 0.1) is 5.41 Å². The Balaban J connectivity index is 1.66. The van der Waals surface area contributed by atoms with Crippen molar-refractivity contribution in [2.24, 2.45) is 5.41 Å². The third kappa shape index (κ3) is 2.19. The quantitative estimate of drug-likeness (QED) is 0.863. The van der Waals surface area contributed by atoms with Crippen LogP contribution in [0.3, 0.4) is 0 Å². The van der Waals surface area contributed by atoms with Gasteiger partial charge in [-0.3, -0.25) is 4.79 Å². The summed E-state index contributed by atoms with van der Waals surface area (Å²) in [6.45, 7) is 4.05. The summed E-state index contributed by atoms with van der Waals surface area (Å²) in [5.41, 5.74) is 1.19. The van der Waals surface area contributed by atoms with Gasteiger partial charge in [0.15, 0.2) is 0 Å². The zero-order chi connectivity index (χ0) is 12.6. The second-order valence-corrected chi connectivity index (χ2v) is 6.34. The van der Waals surface area contributed by atoms with E-state index in [1.807, 2.05) is 29.2 Å². The number of hydrogen-bond donors (Lipinski definition) is 1. The van der Waals surface area contributed by atoms with Crippen molar-refractivity contribution >= 4 is 21.8 Å². The highest BCUT2D eigenvalue weighted by molar-refractivity contribution is 9.10. The van der Waals surface area contributed by atoms with E-state index in [1.54, 1.807) is 0 Å². The second-order valence-electron chi connectivity index (χ2n) is 5.42. The molecule has 18 heavy (non-hydrogen) atoms. The summed E-state index contributed by atoms with van der Waals surface area (Å²) in [5, 5.41) is 3.38. The number of nitrogens with one attached hydrogen (secondary N) is 1. The van der Waals surface area contributed by atoms with Crippen molar-refractivity contribution < 1.29 is 4.79 Å². The molecule has 3 nitrogen and oxygen atoms in total. The molecule has 0 bridgehead atoms. The number of hydrogen-bond acceptors (Lipinski definition) is 2. The summed E-state index contributed by atoms with van der Waals surface area (Å²) >= 11 is 3.41. The van der Waals surface area contributed by atoms with Crippen LogP contribution in [-0.4, -0.2) is 37.0 Å². The predicted octanol–water partition coefficient (Wildman–Crippen LogP) is 2.27. The van der Waals surface area contributed by atoms with Crippen LogP contribution in [0.5, 0.6) is 0 Å². The third-order valence-electron chi connectivity index (χ3n) is 4.08. The summed E-state index contributed by atoms with van der Waals surface area (Å²) in [4.78, 5) is 14.3. The summed E-state index contributed by atoms with van der Waals surface area (Å²) in [6, 6.07) is 7.65. The minimum atomic E-state index is 0.167. The first kappa shape index (κ1) is 12.2. The monoisotopic (exact) mass is 308 g/mol. The van der Waals surface area contributed by atoms with Gasteiger partial charge >= 0.3 is 0 Å². The van der Waals surface area contributed by atoms with Crippen LogP contribution in [0.4, 0.5) is 0 Å². The van der Waals surface area contributed by atoms with Gasteiger partial charge in [0, 0.05) is 28.5 Å². The third-order valence-corrected chi connectivity index (χ3v) is 4.57. The smallest absolute Gasteiger partial charge is 0.253 e. The van der Waals surface area contributed by atoms with Gasteiger partial charge in [-0.15, -0.1) is 0 Å². The van der Waals surface area contributed by atoms with E-state index in [-0.39, 0.29) is 5.91 Å². The van der Waals surface area contributed by atoms with Crippen LogP contribution in [0.1, 0.15) is 23.2 Å². The topological polar surface area (TPSA) is 32.3 Å². The van der Waals surface area contributed by atoms with Crippen molar-refractivity contribution in [1.29, 1.82) is 0 Å². The number of piperidine rings is 1. The van der Waals surface area contributed by atoms with Gasteiger partial charge in [-0.1, -0.05) is 22.0 Å². The average Bonchev–Trinajstić information content (AvgIpc) is 2.36. The first-order valence-corrected chi connectivity index (χ1v) is 7.23. The number of halogens is 1. The molecule has 96 valence electrons.